The Morgan fingerprint density at radius 3 is 2.64 bits per heavy atom. The maximum atomic E-state index is 12.9. The van der Waals surface area contributed by atoms with Crippen molar-refractivity contribution in [2.24, 2.45) is 0 Å². The molecular weight excluding hydrogens is 454 g/mol. The molecule has 33 heavy (non-hydrogen) atoms. The number of carbonyl (C=O) groups is 2. The van der Waals surface area contributed by atoms with Gasteiger partial charge in [-0.05, 0) is 50.0 Å². The van der Waals surface area contributed by atoms with Crippen molar-refractivity contribution >= 4 is 46.3 Å². The standard InChI is InChI=1S/C26H29NO4S2/c1-3-30-24(28)15-5-4-10-16-27-25(29)23(33-26(27)32)17-20-12-8-9-14-22(20)31-18-21-13-7-6-11-19(21)2/h6-9,11-14,17H,3-5,10,15-16,18H2,1-2H3/b23-17+. The third kappa shape index (κ3) is 7.17. The van der Waals surface area contributed by atoms with Crippen LogP contribution in [0, 0.1) is 6.92 Å². The van der Waals surface area contributed by atoms with Crippen LogP contribution in [0.15, 0.2) is 53.4 Å². The summed E-state index contributed by atoms with van der Waals surface area (Å²) in [6, 6.07) is 15.8. The van der Waals surface area contributed by atoms with E-state index in [9.17, 15) is 9.59 Å². The number of benzene rings is 2. The molecule has 0 aliphatic carbocycles. The van der Waals surface area contributed by atoms with Gasteiger partial charge in [-0.3, -0.25) is 14.5 Å². The monoisotopic (exact) mass is 483 g/mol. The minimum absolute atomic E-state index is 0.0795. The van der Waals surface area contributed by atoms with E-state index in [1.165, 1.54) is 17.3 Å². The Bertz CT molecular complexity index is 1030. The average Bonchev–Trinajstić information content (AvgIpc) is 3.06. The SMILES string of the molecule is CCOC(=O)CCCCCN1C(=O)/C(=C\c2ccccc2OCc2ccccc2C)SC1=S. The Hall–Kier alpha value is -2.64. The van der Waals surface area contributed by atoms with Crippen LogP contribution >= 0.6 is 24.0 Å². The van der Waals surface area contributed by atoms with Gasteiger partial charge in [0.05, 0.1) is 11.5 Å². The summed E-state index contributed by atoms with van der Waals surface area (Å²) in [6.07, 6.45) is 4.63. The van der Waals surface area contributed by atoms with Gasteiger partial charge in [-0.1, -0.05) is 72.9 Å². The number of hydrogen-bond acceptors (Lipinski definition) is 6. The number of amides is 1. The van der Waals surface area contributed by atoms with Crippen molar-refractivity contribution in [2.45, 2.75) is 46.1 Å². The maximum absolute atomic E-state index is 12.9. The van der Waals surface area contributed by atoms with E-state index >= 15 is 0 Å². The van der Waals surface area contributed by atoms with Crippen LogP contribution in [-0.2, 0) is 20.9 Å². The molecule has 0 aromatic heterocycles. The van der Waals surface area contributed by atoms with Crippen molar-refractivity contribution in [1.82, 2.24) is 4.90 Å². The predicted octanol–water partition coefficient (Wildman–Crippen LogP) is 5.90. The molecule has 0 bridgehead atoms. The lowest BCUT2D eigenvalue weighted by Gasteiger charge is -2.14. The average molecular weight is 484 g/mol. The van der Waals surface area contributed by atoms with Gasteiger partial charge in [-0.25, -0.2) is 0 Å². The minimum atomic E-state index is -0.172. The fraction of sp³-hybridized carbons (Fsp3) is 0.346. The zero-order chi connectivity index (χ0) is 23.6. The van der Waals surface area contributed by atoms with Crippen LogP contribution in [0.1, 0.15) is 49.3 Å². The second-order valence-electron chi connectivity index (χ2n) is 7.70. The van der Waals surface area contributed by atoms with Crippen molar-refractivity contribution in [3.63, 3.8) is 0 Å². The van der Waals surface area contributed by atoms with E-state index in [0.717, 1.165) is 36.1 Å². The number of carbonyl (C=O) groups excluding carboxylic acids is 2. The molecule has 3 rings (SSSR count). The Morgan fingerprint density at radius 1 is 1.09 bits per heavy atom. The summed E-state index contributed by atoms with van der Waals surface area (Å²) in [5.74, 6) is 0.475. The molecule has 1 aliphatic rings. The normalized spacial score (nSPS) is 14.7. The first-order chi connectivity index (χ1) is 16.0. The lowest BCUT2D eigenvalue weighted by atomic mass is 10.1. The van der Waals surface area contributed by atoms with Crippen LogP contribution < -0.4 is 4.74 Å². The van der Waals surface area contributed by atoms with Crippen LogP contribution in [0.25, 0.3) is 6.08 Å². The minimum Gasteiger partial charge on any atom is -0.488 e. The number of ether oxygens (including phenoxy) is 2. The number of rotatable bonds is 11. The lowest BCUT2D eigenvalue weighted by molar-refractivity contribution is -0.143. The maximum Gasteiger partial charge on any atom is 0.305 e. The van der Waals surface area contributed by atoms with E-state index in [4.69, 9.17) is 21.7 Å². The molecular formula is C26H29NO4S2. The van der Waals surface area contributed by atoms with Gasteiger partial charge in [0.25, 0.3) is 5.91 Å². The topological polar surface area (TPSA) is 55.8 Å². The molecule has 1 amide bonds. The van der Waals surface area contributed by atoms with Gasteiger partial charge in [0, 0.05) is 18.5 Å². The van der Waals surface area contributed by atoms with Gasteiger partial charge >= 0.3 is 5.97 Å². The molecule has 7 heteroatoms. The first-order valence-electron chi connectivity index (χ1n) is 11.2. The summed E-state index contributed by atoms with van der Waals surface area (Å²) in [4.78, 5) is 26.6. The fourth-order valence-corrected chi connectivity index (χ4v) is 4.74. The van der Waals surface area contributed by atoms with Crippen molar-refractivity contribution in [3.8, 4) is 5.75 Å². The number of hydrogen-bond donors (Lipinski definition) is 0. The van der Waals surface area contributed by atoms with E-state index in [-0.39, 0.29) is 11.9 Å². The number of esters is 1. The van der Waals surface area contributed by atoms with Gasteiger partial charge in [-0.15, -0.1) is 0 Å². The summed E-state index contributed by atoms with van der Waals surface area (Å²) in [6.45, 7) is 5.28. The van der Waals surface area contributed by atoms with Crippen molar-refractivity contribution in [1.29, 1.82) is 0 Å². The van der Waals surface area contributed by atoms with Crippen LogP contribution in [0.2, 0.25) is 0 Å². The van der Waals surface area contributed by atoms with Crippen LogP contribution in [0.5, 0.6) is 5.75 Å². The highest BCUT2D eigenvalue weighted by Crippen LogP contribution is 2.34. The molecule has 1 aliphatic heterocycles. The largest absolute Gasteiger partial charge is 0.488 e. The molecule has 5 nitrogen and oxygen atoms in total. The number of thioether (sulfide) groups is 1. The van der Waals surface area contributed by atoms with Crippen LogP contribution in [-0.4, -0.2) is 34.2 Å². The number of aryl methyl sites for hydroxylation is 1. The first-order valence-corrected chi connectivity index (χ1v) is 12.4. The summed E-state index contributed by atoms with van der Waals surface area (Å²) < 4.78 is 11.6. The van der Waals surface area contributed by atoms with Crippen molar-refractivity contribution in [3.05, 3.63) is 70.1 Å². The zero-order valence-electron chi connectivity index (χ0n) is 19.0. The van der Waals surface area contributed by atoms with E-state index in [2.05, 4.69) is 19.1 Å². The number of nitrogens with zero attached hydrogens (tertiary/aromatic N) is 1. The fourth-order valence-electron chi connectivity index (χ4n) is 3.44. The van der Waals surface area contributed by atoms with Crippen LogP contribution in [0.3, 0.4) is 0 Å². The van der Waals surface area contributed by atoms with Gasteiger partial charge in [0.1, 0.15) is 16.7 Å². The van der Waals surface area contributed by atoms with Crippen LogP contribution in [0.4, 0.5) is 0 Å². The summed E-state index contributed by atoms with van der Waals surface area (Å²) in [7, 11) is 0. The Balaban J connectivity index is 1.59. The summed E-state index contributed by atoms with van der Waals surface area (Å²) >= 11 is 6.77. The first kappa shape index (κ1) is 25.0. The number of para-hydroxylation sites is 1. The molecule has 174 valence electrons. The molecule has 0 spiro atoms. The third-order valence-electron chi connectivity index (χ3n) is 5.29. The van der Waals surface area contributed by atoms with Gasteiger partial charge in [0.15, 0.2) is 0 Å². The highest BCUT2D eigenvalue weighted by molar-refractivity contribution is 8.26. The smallest absolute Gasteiger partial charge is 0.305 e. The molecule has 1 heterocycles. The number of unbranched alkanes of at least 4 members (excludes halogenated alkanes) is 2. The molecule has 0 unspecified atom stereocenters. The molecule has 1 saturated heterocycles. The molecule has 0 atom stereocenters. The van der Waals surface area contributed by atoms with E-state index < -0.39 is 0 Å². The highest BCUT2D eigenvalue weighted by atomic mass is 32.2. The molecule has 0 saturated carbocycles. The van der Waals surface area contributed by atoms with E-state index in [1.807, 2.05) is 42.5 Å². The Kier molecular flexibility index (Phi) is 9.51. The van der Waals surface area contributed by atoms with Gasteiger partial charge in [0.2, 0.25) is 0 Å². The van der Waals surface area contributed by atoms with E-state index in [0.29, 0.717) is 35.4 Å². The number of thiocarbonyl (C=S) groups is 1. The quantitative estimate of drug-likeness (QED) is 0.172. The predicted molar refractivity (Wildman–Crippen MR) is 137 cm³/mol. The molecule has 0 radical (unpaired) electrons. The molecule has 1 fully saturated rings. The summed E-state index contributed by atoms with van der Waals surface area (Å²) in [5.41, 5.74) is 3.15. The second kappa shape index (κ2) is 12.6. The molecule has 2 aromatic carbocycles. The summed E-state index contributed by atoms with van der Waals surface area (Å²) in [5, 5.41) is 0. The van der Waals surface area contributed by atoms with Crippen molar-refractivity contribution < 1.29 is 19.1 Å². The highest BCUT2D eigenvalue weighted by Gasteiger charge is 2.31. The third-order valence-corrected chi connectivity index (χ3v) is 6.67. The van der Waals surface area contributed by atoms with Gasteiger partial charge in [-0.2, -0.15) is 0 Å². The van der Waals surface area contributed by atoms with Crippen molar-refractivity contribution in [2.75, 3.05) is 13.2 Å². The zero-order valence-corrected chi connectivity index (χ0v) is 20.7. The second-order valence-corrected chi connectivity index (χ2v) is 9.38. The van der Waals surface area contributed by atoms with E-state index in [1.54, 1.807) is 11.8 Å². The molecule has 0 N–H and O–H groups in total. The molecule has 2 aromatic rings. The Labute approximate surface area is 205 Å². The Morgan fingerprint density at radius 2 is 1.85 bits per heavy atom. The lowest BCUT2D eigenvalue weighted by Crippen LogP contribution is -2.29. The van der Waals surface area contributed by atoms with Gasteiger partial charge < -0.3 is 9.47 Å².